The van der Waals surface area contributed by atoms with Crippen LogP contribution in [0.1, 0.15) is 16.7 Å². The third-order valence-corrected chi connectivity index (χ3v) is 2.65. The molecule has 0 atom stereocenters. The molecule has 2 rings (SSSR count). The standard InChI is InChI=1S/C15H10F3N3/c16-15(17,18)14-8-11(6-7-12(14)9-19)10-20-21-13-4-2-1-3-5-13/h1-8,10,21H. The van der Waals surface area contributed by atoms with E-state index in [9.17, 15) is 13.2 Å². The van der Waals surface area contributed by atoms with Gasteiger partial charge in [-0.15, -0.1) is 0 Å². The van der Waals surface area contributed by atoms with Gasteiger partial charge in [-0.2, -0.15) is 23.5 Å². The Bertz CT molecular complexity index is 686. The van der Waals surface area contributed by atoms with E-state index in [1.54, 1.807) is 24.3 Å². The Kier molecular flexibility index (Phi) is 4.24. The van der Waals surface area contributed by atoms with Crippen molar-refractivity contribution in [2.75, 3.05) is 5.43 Å². The van der Waals surface area contributed by atoms with Crippen molar-refractivity contribution in [3.05, 3.63) is 65.2 Å². The molecule has 0 amide bonds. The maximum Gasteiger partial charge on any atom is 0.417 e. The number of rotatable bonds is 3. The second-order valence-electron chi connectivity index (χ2n) is 4.15. The highest BCUT2D eigenvalue weighted by atomic mass is 19.4. The maximum atomic E-state index is 12.8. The van der Waals surface area contributed by atoms with Crippen LogP contribution in [0.25, 0.3) is 0 Å². The first kappa shape index (κ1) is 14.6. The van der Waals surface area contributed by atoms with Crippen molar-refractivity contribution in [2.45, 2.75) is 6.18 Å². The molecule has 0 heterocycles. The summed E-state index contributed by atoms with van der Waals surface area (Å²) in [6.45, 7) is 0. The summed E-state index contributed by atoms with van der Waals surface area (Å²) in [5, 5.41) is 12.6. The lowest BCUT2D eigenvalue weighted by Gasteiger charge is -2.09. The molecule has 106 valence electrons. The molecule has 0 fully saturated rings. The van der Waals surface area contributed by atoms with Crippen LogP contribution < -0.4 is 5.43 Å². The van der Waals surface area contributed by atoms with Crippen molar-refractivity contribution in [3.8, 4) is 6.07 Å². The molecule has 0 aliphatic carbocycles. The van der Waals surface area contributed by atoms with Gasteiger partial charge in [-0.1, -0.05) is 24.3 Å². The smallest absolute Gasteiger partial charge is 0.279 e. The van der Waals surface area contributed by atoms with Gasteiger partial charge in [-0.05, 0) is 29.8 Å². The number of nitriles is 1. The summed E-state index contributed by atoms with van der Waals surface area (Å²) in [6.07, 6.45) is -3.30. The summed E-state index contributed by atoms with van der Waals surface area (Å²) in [7, 11) is 0. The minimum Gasteiger partial charge on any atom is -0.279 e. The molecule has 0 aliphatic rings. The first-order valence-corrected chi connectivity index (χ1v) is 5.96. The van der Waals surface area contributed by atoms with Crippen molar-refractivity contribution in [1.29, 1.82) is 5.26 Å². The summed E-state index contributed by atoms with van der Waals surface area (Å²) in [4.78, 5) is 0. The maximum absolute atomic E-state index is 12.8. The van der Waals surface area contributed by atoms with Crippen molar-refractivity contribution in [2.24, 2.45) is 5.10 Å². The summed E-state index contributed by atoms with van der Waals surface area (Å²) >= 11 is 0. The van der Waals surface area contributed by atoms with Crippen LogP contribution >= 0.6 is 0 Å². The Labute approximate surface area is 119 Å². The summed E-state index contributed by atoms with van der Waals surface area (Å²) in [5.74, 6) is 0. The molecule has 0 bridgehead atoms. The molecule has 21 heavy (non-hydrogen) atoms. The number of para-hydroxylation sites is 1. The van der Waals surface area contributed by atoms with Crippen LogP contribution in [-0.2, 0) is 6.18 Å². The van der Waals surface area contributed by atoms with E-state index >= 15 is 0 Å². The van der Waals surface area contributed by atoms with E-state index in [0.29, 0.717) is 0 Å². The Morgan fingerprint density at radius 2 is 1.81 bits per heavy atom. The zero-order valence-electron chi connectivity index (χ0n) is 10.7. The Hall–Kier alpha value is -2.81. The summed E-state index contributed by atoms with van der Waals surface area (Å²) < 4.78 is 38.4. The van der Waals surface area contributed by atoms with Crippen LogP contribution in [0.2, 0.25) is 0 Å². The van der Waals surface area contributed by atoms with Crippen LogP contribution in [0.5, 0.6) is 0 Å². The van der Waals surface area contributed by atoms with E-state index in [4.69, 9.17) is 5.26 Å². The summed E-state index contributed by atoms with van der Waals surface area (Å²) in [5.41, 5.74) is 2.31. The SMILES string of the molecule is N#Cc1ccc(C=NNc2ccccc2)cc1C(F)(F)F. The van der Waals surface area contributed by atoms with Crippen LogP contribution in [0.4, 0.5) is 18.9 Å². The van der Waals surface area contributed by atoms with E-state index in [1.165, 1.54) is 18.4 Å². The predicted octanol–water partition coefficient (Wildman–Crippen LogP) is 4.02. The minimum atomic E-state index is -4.57. The molecule has 2 aromatic carbocycles. The first-order valence-electron chi connectivity index (χ1n) is 5.96. The minimum absolute atomic E-state index is 0.254. The van der Waals surface area contributed by atoms with Gasteiger partial charge in [0.2, 0.25) is 0 Å². The fourth-order valence-electron chi connectivity index (χ4n) is 1.67. The summed E-state index contributed by atoms with van der Waals surface area (Å²) in [6, 6.07) is 14.0. The van der Waals surface area contributed by atoms with Gasteiger partial charge in [0.1, 0.15) is 0 Å². The van der Waals surface area contributed by atoms with Gasteiger partial charge in [0.25, 0.3) is 0 Å². The van der Waals surface area contributed by atoms with Crippen LogP contribution in [-0.4, -0.2) is 6.21 Å². The average Bonchev–Trinajstić information content (AvgIpc) is 2.47. The van der Waals surface area contributed by atoms with Crippen molar-refractivity contribution < 1.29 is 13.2 Å². The molecule has 0 saturated carbocycles. The van der Waals surface area contributed by atoms with E-state index in [1.807, 2.05) is 6.07 Å². The zero-order chi connectivity index (χ0) is 15.3. The van der Waals surface area contributed by atoms with Gasteiger partial charge in [0.15, 0.2) is 0 Å². The molecular weight excluding hydrogens is 279 g/mol. The quantitative estimate of drug-likeness (QED) is 0.685. The lowest BCUT2D eigenvalue weighted by atomic mass is 10.0. The van der Waals surface area contributed by atoms with Gasteiger partial charge in [0, 0.05) is 0 Å². The van der Waals surface area contributed by atoms with E-state index < -0.39 is 17.3 Å². The van der Waals surface area contributed by atoms with E-state index in [0.717, 1.165) is 17.8 Å². The molecule has 0 unspecified atom stereocenters. The molecule has 0 radical (unpaired) electrons. The number of nitrogens with zero attached hydrogens (tertiary/aromatic N) is 2. The second-order valence-corrected chi connectivity index (χ2v) is 4.15. The highest BCUT2D eigenvalue weighted by molar-refractivity contribution is 5.81. The van der Waals surface area contributed by atoms with Gasteiger partial charge in [-0.25, -0.2) is 0 Å². The molecule has 0 aliphatic heterocycles. The molecule has 3 nitrogen and oxygen atoms in total. The van der Waals surface area contributed by atoms with Gasteiger partial charge >= 0.3 is 6.18 Å². The highest BCUT2D eigenvalue weighted by Gasteiger charge is 2.33. The number of nitrogens with one attached hydrogen (secondary N) is 1. The molecule has 0 aromatic heterocycles. The molecule has 0 saturated heterocycles. The molecule has 1 N–H and O–H groups in total. The van der Waals surface area contributed by atoms with Gasteiger partial charge < -0.3 is 0 Å². The van der Waals surface area contributed by atoms with Crippen molar-refractivity contribution in [1.82, 2.24) is 0 Å². The molecule has 6 heteroatoms. The number of benzene rings is 2. The van der Waals surface area contributed by atoms with E-state index in [2.05, 4.69) is 10.5 Å². The normalized spacial score (nSPS) is 11.3. The molecule has 2 aromatic rings. The monoisotopic (exact) mass is 289 g/mol. The topological polar surface area (TPSA) is 48.2 Å². The molecule has 0 spiro atoms. The van der Waals surface area contributed by atoms with Gasteiger partial charge in [0.05, 0.1) is 29.1 Å². The number of alkyl halides is 3. The Morgan fingerprint density at radius 3 is 2.43 bits per heavy atom. The number of hydrazone groups is 1. The van der Waals surface area contributed by atoms with E-state index in [-0.39, 0.29) is 5.56 Å². The van der Waals surface area contributed by atoms with Crippen molar-refractivity contribution in [3.63, 3.8) is 0 Å². The number of hydrogen-bond acceptors (Lipinski definition) is 3. The first-order chi connectivity index (χ1) is 10.0. The third kappa shape index (κ3) is 3.83. The Morgan fingerprint density at radius 1 is 1.10 bits per heavy atom. The highest BCUT2D eigenvalue weighted by Crippen LogP contribution is 2.32. The molecular formula is C15H10F3N3. The van der Waals surface area contributed by atoms with Crippen molar-refractivity contribution >= 4 is 11.9 Å². The lowest BCUT2D eigenvalue weighted by molar-refractivity contribution is -0.137. The lowest BCUT2D eigenvalue weighted by Crippen LogP contribution is -2.08. The van der Waals surface area contributed by atoms with Gasteiger partial charge in [-0.3, -0.25) is 5.43 Å². The van der Waals surface area contributed by atoms with Crippen LogP contribution in [0.3, 0.4) is 0 Å². The zero-order valence-corrected chi connectivity index (χ0v) is 10.7. The second kappa shape index (κ2) is 6.09. The van der Waals surface area contributed by atoms with Crippen LogP contribution in [0, 0.1) is 11.3 Å². The Balaban J connectivity index is 2.20. The third-order valence-electron chi connectivity index (χ3n) is 2.65. The predicted molar refractivity (Wildman–Crippen MR) is 73.8 cm³/mol. The largest absolute Gasteiger partial charge is 0.417 e. The number of halogens is 3. The fourth-order valence-corrected chi connectivity index (χ4v) is 1.67. The van der Waals surface area contributed by atoms with Crippen LogP contribution in [0.15, 0.2) is 53.6 Å². The number of hydrogen-bond donors (Lipinski definition) is 1. The number of anilines is 1. The fraction of sp³-hybridized carbons (Fsp3) is 0.0667. The average molecular weight is 289 g/mol.